The Morgan fingerprint density at radius 1 is 0.765 bits per heavy atom. The molecular formula is C27H32N2O5. The van der Waals surface area contributed by atoms with Crippen LogP contribution in [0, 0.1) is 5.92 Å². The molecule has 0 atom stereocenters. The van der Waals surface area contributed by atoms with Crippen LogP contribution in [-0.2, 0) is 4.79 Å². The number of carbonyl (C=O) groups excluding carboxylic acids is 2. The smallest absolute Gasteiger partial charge is 0.303 e. The van der Waals surface area contributed by atoms with E-state index in [1.54, 1.807) is 24.3 Å². The number of carboxylic acid groups (broad SMARTS) is 1. The van der Waals surface area contributed by atoms with Crippen LogP contribution in [0.25, 0.3) is 0 Å². The van der Waals surface area contributed by atoms with E-state index in [9.17, 15) is 14.4 Å². The van der Waals surface area contributed by atoms with Gasteiger partial charge in [0.25, 0.3) is 11.8 Å². The van der Waals surface area contributed by atoms with Gasteiger partial charge >= 0.3 is 5.97 Å². The standard InChI is InChI=1S/C27H32N2O5/c30-25(31)17-18-1-11-23(12-2-18)34-24-13-9-22(10-14-24)27(33)29-16-15-28-26(32)21-7-5-20(6-8-21)19-3-4-19/h5-10,13-14,18-19,23H,1-4,11-12,15-17H2,(H,28,32)(H,29,33)(H,30,31)/t18-,23+. The minimum Gasteiger partial charge on any atom is -0.490 e. The Morgan fingerprint density at radius 2 is 1.29 bits per heavy atom. The van der Waals surface area contributed by atoms with E-state index >= 15 is 0 Å². The molecular weight excluding hydrogens is 432 g/mol. The van der Waals surface area contributed by atoms with Gasteiger partial charge in [0.15, 0.2) is 0 Å². The number of aliphatic carboxylic acids is 1. The van der Waals surface area contributed by atoms with Crippen molar-refractivity contribution in [1.29, 1.82) is 0 Å². The minimum atomic E-state index is -0.737. The molecule has 0 heterocycles. The van der Waals surface area contributed by atoms with Crippen molar-refractivity contribution in [3.63, 3.8) is 0 Å². The van der Waals surface area contributed by atoms with Crippen molar-refractivity contribution < 1.29 is 24.2 Å². The maximum atomic E-state index is 12.4. The number of hydrogen-bond acceptors (Lipinski definition) is 4. The van der Waals surface area contributed by atoms with Crippen molar-refractivity contribution in [3.8, 4) is 5.75 Å². The van der Waals surface area contributed by atoms with Crippen LogP contribution in [0.2, 0.25) is 0 Å². The van der Waals surface area contributed by atoms with Crippen LogP contribution in [0.5, 0.6) is 5.75 Å². The molecule has 0 unspecified atom stereocenters. The molecule has 0 aromatic heterocycles. The van der Waals surface area contributed by atoms with Crippen molar-refractivity contribution in [2.75, 3.05) is 13.1 Å². The maximum Gasteiger partial charge on any atom is 0.303 e. The molecule has 2 fully saturated rings. The van der Waals surface area contributed by atoms with Crippen molar-refractivity contribution >= 4 is 17.8 Å². The Labute approximate surface area is 199 Å². The lowest BCUT2D eigenvalue weighted by Gasteiger charge is -2.28. The number of amides is 2. The summed E-state index contributed by atoms with van der Waals surface area (Å²) in [4.78, 5) is 35.5. The molecule has 2 saturated carbocycles. The zero-order chi connectivity index (χ0) is 23.9. The first-order valence-electron chi connectivity index (χ1n) is 12.1. The summed E-state index contributed by atoms with van der Waals surface area (Å²) in [7, 11) is 0. The molecule has 2 aliphatic rings. The van der Waals surface area contributed by atoms with E-state index in [1.807, 2.05) is 24.3 Å². The molecule has 2 aromatic rings. The average molecular weight is 465 g/mol. The SMILES string of the molecule is O=C(O)C[C@H]1CC[C@@H](Oc2ccc(C(=O)NCCNC(=O)c3ccc(C4CC4)cc3)cc2)CC1. The molecule has 2 aromatic carbocycles. The zero-order valence-corrected chi connectivity index (χ0v) is 19.3. The van der Waals surface area contributed by atoms with Gasteiger partial charge in [-0.3, -0.25) is 14.4 Å². The zero-order valence-electron chi connectivity index (χ0n) is 19.3. The lowest BCUT2D eigenvalue weighted by molar-refractivity contribution is -0.138. The summed E-state index contributed by atoms with van der Waals surface area (Å²) >= 11 is 0. The molecule has 7 heteroatoms. The fourth-order valence-corrected chi connectivity index (χ4v) is 4.46. The van der Waals surface area contributed by atoms with Crippen LogP contribution in [0.15, 0.2) is 48.5 Å². The number of benzene rings is 2. The van der Waals surface area contributed by atoms with Gasteiger partial charge < -0.3 is 20.5 Å². The van der Waals surface area contributed by atoms with Crippen molar-refractivity contribution in [2.24, 2.45) is 5.92 Å². The topological polar surface area (TPSA) is 105 Å². The second-order valence-electron chi connectivity index (χ2n) is 9.29. The van der Waals surface area contributed by atoms with Crippen LogP contribution in [0.3, 0.4) is 0 Å². The highest BCUT2D eigenvalue weighted by Gasteiger charge is 2.24. The molecule has 4 rings (SSSR count). The molecule has 34 heavy (non-hydrogen) atoms. The van der Waals surface area contributed by atoms with Crippen molar-refractivity contribution in [2.45, 2.75) is 57.0 Å². The highest BCUT2D eigenvalue weighted by molar-refractivity contribution is 5.95. The van der Waals surface area contributed by atoms with Gasteiger partial charge in [0, 0.05) is 30.6 Å². The molecule has 2 amide bonds. The lowest BCUT2D eigenvalue weighted by Crippen LogP contribution is -2.34. The van der Waals surface area contributed by atoms with Gasteiger partial charge in [-0.25, -0.2) is 0 Å². The molecule has 0 bridgehead atoms. The maximum absolute atomic E-state index is 12.4. The number of rotatable bonds is 10. The van der Waals surface area contributed by atoms with Crippen LogP contribution < -0.4 is 15.4 Å². The first-order chi connectivity index (χ1) is 16.5. The molecule has 180 valence electrons. The van der Waals surface area contributed by atoms with Crippen molar-refractivity contribution in [1.82, 2.24) is 10.6 Å². The number of ether oxygens (including phenoxy) is 1. The Hall–Kier alpha value is -3.35. The monoisotopic (exact) mass is 464 g/mol. The second-order valence-corrected chi connectivity index (χ2v) is 9.29. The molecule has 0 saturated heterocycles. The molecule has 0 spiro atoms. The number of carbonyl (C=O) groups is 3. The summed E-state index contributed by atoms with van der Waals surface area (Å²) in [5.41, 5.74) is 2.45. The third-order valence-electron chi connectivity index (χ3n) is 6.59. The van der Waals surface area contributed by atoms with Gasteiger partial charge in [-0.05, 0) is 92.3 Å². The predicted molar refractivity (Wildman–Crippen MR) is 128 cm³/mol. The van der Waals surface area contributed by atoms with Gasteiger partial charge in [0.05, 0.1) is 6.10 Å². The quantitative estimate of drug-likeness (QED) is 0.459. The van der Waals surface area contributed by atoms with E-state index in [0.29, 0.717) is 35.9 Å². The van der Waals surface area contributed by atoms with E-state index in [-0.39, 0.29) is 30.3 Å². The minimum absolute atomic E-state index is 0.0817. The Morgan fingerprint density at radius 3 is 1.79 bits per heavy atom. The van der Waals surface area contributed by atoms with E-state index in [4.69, 9.17) is 9.84 Å². The predicted octanol–water partition coefficient (Wildman–Crippen LogP) is 4.14. The third-order valence-corrected chi connectivity index (χ3v) is 6.59. The average Bonchev–Trinajstić information content (AvgIpc) is 3.69. The number of nitrogens with one attached hydrogen (secondary N) is 2. The van der Waals surface area contributed by atoms with E-state index < -0.39 is 5.97 Å². The number of hydrogen-bond donors (Lipinski definition) is 3. The first-order valence-corrected chi connectivity index (χ1v) is 12.1. The summed E-state index contributed by atoms with van der Waals surface area (Å²) in [5.74, 6) is 0.524. The molecule has 0 radical (unpaired) electrons. The van der Waals surface area contributed by atoms with E-state index in [1.165, 1.54) is 18.4 Å². The summed E-state index contributed by atoms with van der Waals surface area (Å²) in [6.45, 7) is 0.684. The van der Waals surface area contributed by atoms with Crippen molar-refractivity contribution in [3.05, 3.63) is 65.2 Å². The van der Waals surface area contributed by atoms with Gasteiger partial charge in [-0.1, -0.05) is 12.1 Å². The van der Waals surface area contributed by atoms with E-state index in [2.05, 4.69) is 10.6 Å². The van der Waals surface area contributed by atoms with Crippen LogP contribution in [0.1, 0.15) is 77.1 Å². The fourth-order valence-electron chi connectivity index (χ4n) is 4.46. The third kappa shape index (κ3) is 6.83. The molecule has 2 aliphatic carbocycles. The summed E-state index contributed by atoms with van der Waals surface area (Å²) in [6, 6.07) is 14.8. The Balaban J connectivity index is 1.14. The van der Waals surface area contributed by atoms with Crippen LogP contribution in [-0.4, -0.2) is 42.1 Å². The fraction of sp³-hybridized carbons (Fsp3) is 0.444. The second kappa shape index (κ2) is 11.2. The normalized spacial score (nSPS) is 19.8. The van der Waals surface area contributed by atoms with E-state index in [0.717, 1.165) is 25.7 Å². The Bertz CT molecular complexity index is 991. The first kappa shape index (κ1) is 23.8. The summed E-state index contributed by atoms with van der Waals surface area (Å²) in [5, 5.41) is 14.6. The molecule has 7 nitrogen and oxygen atoms in total. The highest BCUT2D eigenvalue weighted by Crippen LogP contribution is 2.39. The molecule has 3 N–H and O–H groups in total. The van der Waals surface area contributed by atoms with Gasteiger partial charge in [0.1, 0.15) is 5.75 Å². The van der Waals surface area contributed by atoms with Crippen LogP contribution in [0.4, 0.5) is 0 Å². The van der Waals surface area contributed by atoms with Gasteiger partial charge in [0.2, 0.25) is 0 Å². The summed E-state index contributed by atoms with van der Waals surface area (Å²) in [6.07, 6.45) is 6.19. The molecule has 0 aliphatic heterocycles. The lowest BCUT2D eigenvalue weighted by atomic mass is 9.85. The summed E-state index contributed by atoms with van der Waals surface area (Å²) < 4.78 is 6.01. The van der Waals surface area contributed by atoms with Gasteiger partial charge in [-0.2, -0.15) is 0 Å². The van der Waals surface area contributed by atoms with Gasteiger partial charge in [-0.15, -0.1) is 0 Å². The largest absolute Gasteiger partial charge is 0.490 e. The number of carboxylic acids is 1. The Kier molecular flexibility index (Phi) is 7.83. The highest BCUT2D eigenvalue weighted by atomic mass is 16.5. The van der Waals surface area contributed by atoms with Crippen LogP contribution >= 0.6 is 0 Å².